The minimum atomic E-state index is 0.514. The van der Waals surface area contributed by atoms with E-state index in [2.05, 4.69) is 40.5 Å². The molecule has 0 spiro atoms. The minimum Gasteiger partial charge on any atom is -0.370 e. The third-order valence-corrected chi connectivity index (χ3v) is 3.76. The van der Waals surface area contributed by atoms with Gasteiger partial charge in [0.25, 0.3) is 0 Å². The van der Waals surface area contributed by atoms with Crippen LogP contribution in [0, 0.1) is 17.2 Å². The monoisotopic (exact) mass is 343 g/mol. The van der Waals surface area contributed by atoms with Crippen LogP contribution in [0.1, 0.15) is 19.4 Å². The van der Waals surface area contributed by atoms with Crippen LogP contribution < -0.4 is 10.6 Å². The highest BCUT2D eigenvalue weighted by Crippen LogP contribution is 2.23. The fourth-order valence-electron chi connectivity index (χ4n) is 2.42. The van der Waals surface area contributed by atoms with Crippen molar-refractivity contribution in [2.75, 3.05) is 17.2 Å². The zero-order valence-electron chi connectivity index (χ0n) is 14.9. The molecule has 0 aliphatic rings. The van der Waals surface area contributed by atoms with Gasteiger partial charge in [-0.25, -0.2) is 4.98 Å². The minimum absolute atomic E-state index is 0.514. The van der Waals surface area contributed by atoms with Crippen molar-refractivity contribution >= 4 is 17.5 Å². The van der Waals surface area contributed by atoms with Gasteiger partial charge in [-0.05, 0) is 30.2 Å². The highest BCUT2D eigenvalue weighted by Gasteiger charge is 2.08. The molecular weight excluding hydrogens is 322 g/mol. The molecule has 2 aromatic carbocycles. The maximum absolute atomic E-state index is 8.92. The molecule has 0 atom stereocenters. The summed E-state index contributed by atoms with van der Waals surface area (Å²) in [4.78, 5) is 9.21. The van der Waals surface area contributed by atoms with Crippen LogP contribution in [0.5, 0.6) is 0 Å². The second-order valence-corrected chi connectivity index (χ2v) is 6.42. The molecule has 3 rings (SSSR count). The summed E-state index contributed by atoms with van der Waals surface area (Å²) in [5.74, 6) is 1.81. The fourth-order valence-corrected chi connectivity index (χ4v) is 2.42. The van der Waals surface area contributed by atoms with Crippen LogP contribution in [0.3, 0.4) is 0 Å². The van der Waals surface area contributed by atoms with Gasteiger partial charge >= 0.3 is 0 Å². The Labute approximate surface area is 153 Å². The van der Waals surface area contributed by atoms with Gasteiger partial charge in [0.05, 0.1) is 17.3 Å². The smallest absolute Gasteiger partial charge is 0.229 e. The topological polar surface area (TPSA) is 73.6 Å². The molecule has 0 fully saturated rings. The highest BCUT2D eigenvalue weighted by atomic mass is 15.1. The molecule has 130 valence electrons. The van der Waals surface area contributed by atoms with Gasteiger partial charge < -0.3 is 10.6 Å². The summed E-state index contributed by atoms with van der Waals surface area (Å²) >= 11 is 0. The molecule has 5 heteroatoms. The van der Waals surface area contributed by atoms with E-state index in [1.54, 1.807) is 12.1 Å². The first-order valence-corrected chi connectivity index (χ1v) is 8.59. The van der Waals surface area contributed by atoms with E-state index in [0.29, 0.717) is 17.4 Å². The Morgan fingerprint density at radius 2 is 1.73 bits per heavy atom. The summed E-state index contributed by atoms with van der Waals surface area (Å²) < 4.78 is 0. The van der Waals surface area contributed by atoms with E-state index < -0.39 is 0 Å². The first-order valence-electron chi connectivity index (χ1n) is 8.59. The van der Waals surface area contributed by atoms with Crippen molar-refractivity contribution in [2.24, 2.45) is 5.92 Å². The number of nitriles is 1. The Morgan fingerprint density at radius 3 is 2.38 bits per heavy atom. The van der Waals surface area contributed by atoms with Crippen LogP contribution in [0.2, 0.25) is 0 Å². The standard InChI is InChI=1S/C21H21N5/c1-15(2)14-23-20-12-19(17-6-4-3-5-7-17)25-21(26-20)24-18-10-8-16(13-22)9-11-18/h3-12,15H,14H2,1-2H3,(H2,23,24,25,26). The molecule has 2 N–H and O–H groups in total. The summed E-state index contributed by atoms with van der Waals surface area (Å²) in [5.41, 5.74) is 3.34. The second-order valence-electron chi connectivity index (χ2n) is 6.42. The average molecular weight is 343 g/mol. The highest BCUT2D eigenvalue weighted by molar-refractivity contribution is 5.66. The Hall–Kier alpha value is -3.39. The van der Waals surface area contributed by atoms with Crippen molar-refractivity contribution in [1.29, 1.82) is 5.26 Å². The molecule has 5 nitrogen and oxygen atoms in total. The Balaban J connectivity index is 1.91. The predicted molar refractivity (Wildman–Crippen MR) is 105 cm³/mol. The van der Waals surface area contributed by atoms with Gasteiger partial charge in [0.15, 0.2) is 0 Å². The molecule has 26 heavy (non-hydrogen) atoms. The summed E-state index contributed by atoms with van der Waals surface area (Å²) in [6.45, 7) is 5.14. The molecule has 0 amide bonds. The Morgan fingerprint density at radius 1 is 1.00 bits per heavy atom. The van der Waals surface area contributed by atoms with E-state index in [4.69, 9.17) is 5.26 Å². The molecule has 0 aliphatic heterocycles. The quantitative estimate of drug-likeness (QED) is 0.671. The van der Waals surface area contributed by atoms with Crippen molar-refractivity contribution < 1.29 is 0 Å². The maximum atomic E-state index is 8.92. The lowest BCUT2D eigenvalue weighted by Crippen LogP contribution is -2.10. The summed E-state index contributed by atoms with van der Waals surface area (Å²) in [6.07, 6.45) is 0. The van der Waals surface area contributed by atoms with Crippen molar-refractivity contribution in [2.45, 2.75) is 13.8 Å². The van der Waals surface area contributed by atoms with Crippen LogP contribution in [-0.2, 0) is 0 Å². The van der Waals surface area contributed by atoms with E-state index >= 15 is 0 Å². The van der Waals surface area contributed by atoms with Gasteiger partial charge in [-0.1, -0.05) is 44.2 Å². The van der Waals surface area contributed by atoms with E-state index in [1.165, 1.54) is 0 Å². The van der Waals surface area contributed by atoms with Gasteiger partial charge in [-0.2, -0.15) is 10.2 Å². The van der Waals surface area contributed by atoms with Crippen LogP contribution >= 0.6 is 0 Å². The number of hydrogen-bond donors (Lipinski definition) is 2. The lowest BCUT2D eigenvalue weighted by atomic mass is 10.1. The SMILES string of the molecule is CC(C)CNc1cc(-c2ccccc2)nc(Nc2ccc(C#N)cc2)n1. The summed E-state index contributed by atoms with van der Waals surface area (Å²) in [5, 5.41) is 15.5. The molecule has 0 radical (unpaired) electrons. The van der Waals surface area contributed by atoms with Crippen LogP contribution in [0.15, 0.2) is 60.7 Å². The van der Waals surface area contributed by atoms with Crippen LogP contribution in [0.25, 0.3) is 11.3 Å². The molecule has 3 aromatic rings. The van der Waals surface area contributed by atoms with E-state index in [0.717, 1.165) is 29.3 Å². The van der Waals surface area contributed by atoms with Gasteiger partial charge in [-0.15, -0.1) is 0 Å². The number of nitrogens with one attached hydrogen (secondary N) is 2. The molecule has 0 bridgehead atoms. The number of rotatable bonds is 6. The average Bonchev–Trinajstić information content (AvgIpc) is 2.67. The van der Waals surface area contributed by atoms with Crippen LogP contribution in [-0.4, -0.2) is 16.5 Å². The van der Waals surface area contributed by atoms with E-state index in [9.17, 15) is 0 Å². The predicted octanol–water partition coefficient (Wildman–Crippen LogP) is 4.83. The van der Waals surface area contributed by atoms with Gasteiger partial charge in [0.1, 0.15) is 5.82 Å². The van der Waals surface area contributed by atoms with Gasteiger partial charge in [0.2, 0.25) is 5.95 Å². The lowest BCUT2D eigenvalue weighted by Gasteiger charge is -2.12. The third kappa shape index (κ3) is 4.58. The van der Waals surface area contributed by atoms with E-state index in [1.807, 2.05) is 48.5 Å². The summed E-state index contributed by atoms with van der Waals surface area (Å²) in [6, 6.07) is 21.3. The molecule has 1 aromatic heterocycles. The maximum Gasteiger partial charge on any atom is 0.229 e. The first-order chi connectivity index (χ1) is 12.6. The molecule has 0 unspecified atom stereocenters. The van der Waals surface area contributed by atoms with Gasteiger partial charge in [-0.3, -0.25) is 0 Å². The molecular formula is C21H21N5. The number of aromatic nitrogens is 2. The van der Waals surface area contributed by atoms with Gasteiger partial charge in [0, 0.05) is 23.9 Å². The second kappa shape index (κ2) is 8.13. The molecule has 1 heterocycles. The Kier molecular flexibility index (Phi) is 5.45. The van der Waals surface area contributed by atoms with Crippen molar-refractivity contribution in [3.8, 4) is 17.3 Å². The molecule has 0 saturated carbocycles. The summed E-state index contributed by atoms with van der Waals surface area (Å²) in [7, 11) is 0. The van der Waals surface area contributed by atoms with Crippen molar-refractivity contribution in [3.63, 3.8) is 0 Å². The van der Waals surface area contributed by atoms with Crippen molar-refractivity contribution in [3.05, 3.63) is 66.2 Å². The first kappa shape index (κ1) is 17.4. The molecule has 0 aliphatic carbocycles. The Bertz CT molecular complexity index is 896. The number of hydrogen-bond acceptors (Lipinski definition) is 5. The number of nitrogens with zero attached hydrogens (tertiary/aromatic N) is 3. The zero-order valence-corrected chi connectivity index (χ0v) is 14.9. The number of anilines is 3. The van der Waals surface area contributed by atoms with Crippen LogP contribution in [0.4, 0.5) is 17.5 Å². The largest absolute Gasteiger partial charge is 0.370 e. The third-order valence-electron chi connectivity index (χ3n) is 3.76. The normalized spacial score (nSPS) is 10.4. The lowest BCUT2D eigenvalue weighted by molar-refractivity contribution is 0.687. The molecule has 0 saturated heterocycles. The van der Waals surface area contributed by atoms with E-state index in [-0.39, 0.29) is 0 Å². The van der Waals surface area contributed by atoms with Crippen molar-refractivity contribution in [1.82, 2.24) is 9.97 Å². The zero-order chi connectivity index (χ0) is 18.4. The fraction of sp³-hybridized carbons (Fsp3) is 0.190. The number of benzene rings is 2.